The van der Waals surface area contributed by atoms with Crippen LogP contribution in [0.25, 0.3) is 10.9 Å². The fourth-order valence-corrected chi connectivity index (χ4v) is 1.78. The summed E-state index contributed by atoms with van der Waals surface area (Å²) in [7, 11) is 0. The van der Waals surface area contributed by atoms with E-state index in [1.165, 1.54) is 12.1 Å². The molecule has 0 aliphatic carbocycles. The Hall–Kier alpha value is -1.30. The molecule has 90 valence electrons. The minimum atomic E-state index is -4.33. The van der Waals surface area contributed by atoms with E-state index in [0.29, 0.717) is 10.9 Å². The van der Waals surface area contributed by atoms with Crippen molar-refractivity contribution in [2.75, 3.05) is 6.61 Å². The standard InChI is InChI=1S/C11H7BrF3NO/c12-9-3-4-16-10-2-1-7(5-8(9)10)17-6-11(13,14)15/h1-5H,6H2. The second kappa shape index (κ2) is 4.52. The molecule has 0 spiro atoms. The van der Waals surface area contributed by atoms with Gasteiger partial charge in [0.15, 0.2) is 6.61 Å². The lowest BCUT2D eigenvalue weighted by molar-refractivity contribution is -0.153. The van der Waals surface area contributed by atoms with Crippen LogP contribution in [0.5, 0.6) is 5.75 Å². The zero-order valence-electron chi connectivity index (χ0n) is 8.46. The van der Waals surface area contributed by atoms with Crippen LogP contribution in [0.2, 0.25) is 0 Å². The molecule has 0 saturated carbocycles. The summed E-state index contributed by atoms with van der Waals surface area (Å²) in [6, 6.07) is 6.33. The third-order valence-corrected chi connectivity index (χ3v) is 2.75. The molecule has 0 atom stereocenters. The Kier molecular flexibility index (Phi) is 3.24. The molecule has 1 aromatic heterocycles. The van der Waals surface area contributed by atoms with Gasteiger partial charge in [0.1, 0.15) is 5.75 Å². The maximum atomic E-state index is 12.0. The summed E-state index contributed by atoms with van der Waals surface area (Å²) in [5, 5.41) is 0.715. The third kappa shape index (κ3) is 3.09. The van der Waals surface area contributed by atoms with Gasteiger partial charge in [-0.05, 0) is 24.3 Å². The van der Waals surface area contributed by atoms with Crippen LogP contribution in [0.4, 0.5) is 13.2 Å². The first-order valence-electron chi connectivity index (χ1n) is 4.69. The zero-order chi connectivity index (χ0) is 12.5. The molecule has 0 saturated heterocycles. The van der Waals surface area contributed by atoms with E-state index in [-0.39, 0.29) is 5.75 Å². The van der Waals surface area contributed by atoms with Crippen LogP contribution in [0.1, 0.15) is 0 Å². The lowest BCUT2D eigenvalue weighted by Crippen LogP contribution is -2.19. The third-order valence-electron chi connectivity index (χ3n) is 2.06. The van der Waals surface area contributed by atoms with Gasteiger partial charge in [-0.2, -0.15) is 13.2 Å². The minimum absolute atomic E-state index is 0.170. The molecule has 1 aromatic carbocycles. The Morgan fingerprint density at radius 1 is 1.24 bits per heavy atom. The van der Waals surface area contributed by atoms with Crippen LogP contribution in [0, 0.1) is 0 Å². The van der Waals surface area contributed by atoms with Gasteiger partial charge in [0.05, 0.1) is 5.52 Å². The average Bonchev–Trinajstić information content (AvgIpc) is 2.26. The summed E-state index contributed by atoms with van der Waals surface area (Å²) in [6.07, 6.45) is -2.72. The highest BCUT2D eigenvalue weighted by Crippen LogP contribution is 2.27. The molecule has 2 aromatic rings. The Balaban J connectivity index is 2.28. The van der Waals surface area contributed by atoms with Gasteiger partial charge in [0, 0.05) is 16.1 Å². The van der Waals surface area contributed by atoms with E-state index in [9.17, 15) is 13.2 Å². The number of nitrogens with zero attached hydrogens (tertiary/aromatic N) is 1. The molecule has 0 radical (unpaired) electrons. The lowest BCUT2D eigenvalue weighted by Gasteiger charge is -2.09. The summed E-state index contributed by atoms with van der Waals surface area (Å²) in [5.74, 6) is 0.170. The number of benzene rings is 1. The largest absolute Gasteiger partial charge is 0.484 e. The quantitative estimate of drug-likeness (QED) is 0.838. The van der Waals surface area contributed by atoms with Gasteiger partial charge in [-0.3, -0.25) is 4.98 Å². The van der Waals surface area contributed by atoms with E-state index >= 15 is 0 Å². The van der Waals surface area contributed by atoms with E-state index in [2.05, 4.69) is 25.7 Å². The van der Waals surface area contributed by atoms with Gasteiger partial charge in [-0.25, -0.2) is 0 Å². The summed E-state index contributed by atoms with van der Waals surface area (Å²) < 4.78 is 41.4. The van der Waals surface area contributed by atoms with Gasteiger partial charge >= 0.3 is 6.18 Å². The Morgan fingerprint density at radius 3 is 2.71 bits per heavy atom. The Bertz CT molecular complexity index is 542. The number of halogens is 4. The van der Waals surface area contributed by atoms with Crippen molar-refractivity contribution < 1.29 is 17.9 Å². The fraction of sp³-hybridized carbons (Fsp3) is 0.182. The van der Waals surface area contributed by atoms with Crippen molar-refractivity contribution >= 4 is 26.8 Å². The number of hydrogen-bond acceptors (Lipinski definition) is 2. The molecular weight excluding hydrogens is 299 g/mol. The highest BCUT2D eigenvalue weighted by molar-refractivity contribution is 9.10. The molecule has 0 unspecified atom stereocenters. The SMILES string of the molecule is FC(F)(F)COc1ccc2nccc(Br)c2c1. The molecule has 2 rings (SSSR count). The van der Waals surface area contributed by atoms with Crippen molar-refractivity contribution in [1.29, 1.82) is 0 Å². The zero-order valence-corrected chi connectivity index (χ0v) is 10.0. The minimum Gasteiger partial charge on any atom is -0.484 e. The molecule has 6 heteroatoms. The van der Waals surface area contributed by atoms with Gasteiger partial charge < -0.3 is 4.74 Å². The topological polar surface area (TPSA) is 22.1 Å². The van der Waals surface area contributed by atoms with Crippen molar-refractivity contribution in [2.45, 2.75) is 6.18 Å². The Labute approximate surface area is 104 Å². The van der Waals surface area contributed by atoms with E-state index in [1.807, 2.05) is 0 Å². The van der Waals surface area contributed by atoms with Gasteiger partial charge in [-0.1, -0.05) is 15.9 Å². The first kappa shape index (κ1) is 12.2. The van der Waals surface area contributed by atoms with Gasteiger partial charge in [-0.15, -0.1) is 0 Å². The van der Waals surface area contributed by atoms with Crippen molar-refractivity contribution in [3.8, 4) is 5.75 Å². The lowest BCUT2D eigenvalue weighted by atomic mass is 10.2. The first-order valence-corrected chi connectivity index (χ1v) is 5.49. The summed E-state index contributed by atoms with van der Waals surface area (Å²) in [6.45, 7) is -1.30. The molecule has 0 N–H and O–H groups in total. The van der Waals surface area contributed by atoms with Crippen LogP contribution in [-0.4, -0.2) is 17.8 Å². The van der Waals surface area contributed by atoms with Crippen molar-refractivity contribution in [2.24, 2.45) is 0 Å². The second-order valence-corrected chi connectivity index (χ2v) is 4.23. The van der Waals surface area contributed by atoms with Crippen molar-refractivity contribution in [3.63, 3.8) is 0 Å². The average molecular weight is 306 g/mol. The number of rotatable bonds is 2. The fourth-order valence-electron chi connectivity index (χ4n) is 1.35. The van der Waals surface area contributed by atoms with Crippen LogP contribution in [-0.2, 0) is 0 Å². The monoisotopic (exact) mass is 305 g/mol. The molecule has 1 heterocycles. The first-order chi connectivity index (χ1) is 7.96. The molecule has 0 bridgehead atoms. The smallest absolute Gasteiger partial charge is 0.422 e. The summed E-state index contributed by atoms with van der Waals surface area (Å²) in [4.78, 5) is 4.08. The van der Waals surface area contributed by atoms with Crippen molar-refractivity contribution in [3.05, 3.63) is 34.9 Å². The summed E-state index contributed by atoms with van der Waals surface area (Å²) in [5.41, 5.74) is 0.693. The number of alkyl halides is 3. The predicted octanol–water partition coefficient (Wildman–Crippen LogP) is 3.94. The van der Waals surface area contributed by atoms with E-state index in [1.54, 1.807) is 18.3 Å². The number of ether oxygens (including phenoxy) is 1. The molecule has 0 fully saturated rings. The highest BCUT2D eigenvalue weighted by atomic mass is 79.9. The van der Waals surface area contributed by atoms with Gasteiger partial charge in [0.2, 0.25) is 0 Å². The molecule has 0 aliphatic rings. The number of pyridine rings is 1. The van der Waals surface area contributed by atoms with Crippen LogP contribution >= 0.6 is 15.9 Å². The van der Waals surface area contributed by atoms with E-state index in [4.69, 9.17) is 0 Å². The number of hydrogen-bond donors (Lipinski definition) is 0. The van der Waals surface area contributed by atoms with Crippen LogP contribution in [0.3, 0.4) is 0 Å². The second-order valence-electron chi connectivity index (χ2n) is 3.38. The van der Waals surface area contributed by atoms with E-state index in [0.717, 1.165) is 4.47 Å². The maximum Gasteiger partial charge on any atom is 0.422 e. The maximum absolute atomic E-state index is 12.0. The molecule has 0 aliphatic heterocycles. The Morgan fingerprint density at radius 2 is 2.00 bits per heavy atom. The number of aromatic nitrogens is 1. The van der Waals surface area contributed by atoms with Crippen molar-refractivity contribution in [1.82, 2.24) is 4.98 Å². The van der Waals surface area contributed by atoms with Gasteiger partial charge in [0.25, 0.3) is 0 Å². The van der Waals surface area contributed by atoms with Crippen LogP contribution in [0.15, 0.2) is 34.9 Å². The molecular formula is C11H7BrF3NO. The normalized spacial score (nSPS) is 11.8. The molecule has 0 amide bonds. The number of fused-ring (bicyclic) bond motifs is 1. The highest BCUT2D eigenvalue weighted by Gasteiger charge is 2.28. The summed E-state index contributed by atoms with van der Waals surface area (Å²) >= 11 is 3.30. The predicted molar refractivity (Wildman–Crippen MR) is 61.0 cm³/mol. The van der Waals surface area contributed by atoms with Crippen LogP contribution < -0.4 is 4.74 Å². The molecule has 17 heavy (non-hydrogen) atoms. The van der Waals surface area contributed by atoms with E-state index < -0.39 is 12.8 Å². The molecule has 2 nitrogen and oxygen atoms in total.